The maximum atomic E-state index is 13.9. The number of allylic oxidation sites excluding steroid dienone is 2. The molecular formula is C14H14FN3O2. The Morgan fingerprint density at radius 1 is 1.55 bits per heavy atom. The molecule has 0 fully saturated rings. The highest BCUT2D eigenvalue weighted by Gasteiger charge is 2.23. The van der Waals surface area contributed by atoms with Crippen molar-refractivity contribution in [1.29, 1.82) is 5.26 Å². The van der Waals surface area contributed by atoms with Crippen molar-refractivity contribution >= 4 is 0 Å². The van der Waals surface area contributed by atoms with E-state index in [0.717, 1.165) is 12.5 Å². The molecular weight excluding hydrogens is 261 g/mol. The van der Waals surface area contributed by atoms with Crippen LogP contribution in [0.4, 0.5) is 4.39 Å². The molecule has 4 N–H and O–H groups in total. The molecule has 6 heteroatoms. The number of nitrogens with zero attached hydrogens (tertiary/aromatic N) is 1. The van der Waals surface area contributed by atoms with Crippen molar-refractivity contribution in [1.82, 2.24) is 0 Å². The van der Waals surface area contributed by atoms with Gasteiger partial charge in [0.2, 0.25) is 0 Å². The zero-order valence-electron chi connectivity index (χ0n) is 10.7. The first-order valence-corrected chi connectivity index (χ1v) is 6.07. The Kier molecular flexibility index (Phi) is 4.11. The Balaban J connectivity index is 2.44. The van der Waals surface area contributed by atoms with Crippen molar-refractivity contribution in [2.75, 3.05) is 6.61 Å². The zero-order chi connectivity index (χ0) is 14.5. The second-order valence-corrected chi connectivity index (χ2v) is 4.16. The van der Waals surface area contributed by atoms with Gasteiger partial charge in [0.1, 0.15) is 28.9 Å². The van der Waals surface area contributed by atoms with Crippen LogP contribution in [0.1, 0.15) is 17.5 Å². The highest BCUT2D eigenvalue weighted by molar-refractivity contribution is 5.56. The monoisotopic (exact) mass is 275 g/mol. The lowest BCUT2D eigenvalue weighted by molar-refractivity contribution is 0.279. The van der Waals surface area contributed by atoms with Crippen molar-refractivity contribution in [2.45, 2.75) is 12.8 Å². The molecule has 5 nitrogen and oxygen atoms in total. The Morgan fingerprint density at radius 3 is 3.05 bits per heavy atom. The van der Waals surface area contributed by atoms with Gasteiger partial charge in [0.15, 0.2) is 5.88 Å². The number of hydrogen-bond acceptors (Lipinski definition) is 5. The lowest BCUT2D eigenvalue weighted by Crippen LogP contribution is -2.14. The molecule has 2 rings (SSSR count). The van der Waals surface area contributed by atoms with Gasteiger partial charge in [-0.3, -0.25) is 0 Å². The number of halogens is 1. The van der Waals surface area contributed by atoms with Gasteiger partial charge in [-0.05, 0) is 31.2 Å². The third-order valence-corrected chi connectivity index (χ3v) is 2.82. The highest BCUT2D eigenvalue weighted by Crippen LogP contribution is 2.38. The highest BCUT2D eigenvalue weighted by atomic mass is 19.1. The molecule has 0 spiro atoms. The van der Waals surface area contributed by atoms with E-state index in [1.54, 1.807) is 0 Å². The third kappa shape index (κ3) is 2.67. The average Bonchev–Trinajstić information content (AvgIpc) is 2.45. The van der Waals surface area contributed by atoms with Crippen LogP contribution < -0.4 is 20.9 Å². The lowest BCUT2D eigenvalue weighted by Gasteiger charge is -2.21. The van der Waals surface area contributed by atoms with Crippen LogP contribution in [0, 0.1) is 17.1 Å². The summed E-state index contributed by atoms with van der Waals surface area (Å²) < 4.78 is 24.7. The topological polar surface area (TPSA) is 94.3 Å². The summed E-state index contributed by atoms with van der Waals surface area (Å²) in [6, 6.07) is 2.96. The molecule has 1 heterocycles. The fraction of sp³-hybridized carbons (Fsp3) is 0.214. The molecule has 0 saturated heterocycles. The van der Waals surface area contributed by atoms with Crippen molar-refractivity contribution < 1.29 is 13.9 Å². The van der Waals surface area contributed by atoms with Gasteiger partial charge in [-0.15, -0.1) is 0 Å². The molecule has 0 saturated carbocycles. The molecule has 0 bridgehead atoms. The van der Waals surface area contributed by atoms with Crippen LogP contribution in [-0.4, -0.2) is 6.61 Å². The largest absolute Gasteiger partial charge is 0.492 e. The molecule has 1 aromatic carbocycles. The van der Waals surface area contributed by atoms with Gasteiger partial charge in [0.05, 0.1) is 6.61 Å². The number of nitrogens with two attached hydrogens (primary N) is 2. The number of hydrogen-bond donors (Lipinski definition) is 2. The van der Waals surface area contributed by atoms with Crippen LogP contribution in [0.25, 0.3) is 0 Å². The van der Waals surface area contributed by atoms with Gasteiger partial charge in [-0.1, -0.05) is 0 Å². The molecule has 1 aliphatic rings. The Morgan fingerprint density at radius 2 is 2.35 bits per heavy atom. The maximum absolute atomic E-state index is 13.9. The van der Waals surface area contributed by atoms with E-state index in [9.17, 15) is 4.39 Å². The molecule has 1 aliphatic heterocycles. The maximum Gasteiger partial charge on any atom is 0.190 e. The fourth-order valence-electron chi connectivity index (χ4n) is 1.97. The predicted molar refractivity (Wildman–Crippen MR) is 71.2 cm³/mol. The summed E-state index contributed by atoms with van der Waals surface area (Å²) in [6.45, 7) is 0.450. The van der Waals surface area contributed by atoms with Crippen molar-refractivity contribution in [3.05, 3.63) is 47.2 Å². The summed E-state index contributed by atoms with van der Waals surface area (Å²) in [4.78, 5) is 0. The smallest absolute Gasteiger partial charge is 0.190 e. The van der Waals surface area contributed by atoms with E-state index in [0.29, 0.717) is 18.6 Å². The first-order chi connectivity index (χ1) is 9.67. The Labute approximate surface area is 115 Å². The number of rotatable bonds is 3. The summed E-state index contributed by atoms with van der Waals surface area (Å²) in [7, 11) is 0. The van der Waals surface area contributed by atoms with Crippen LogP contribution in [0.2, 0.25) is 0 Å². The molecule has 0 aliphatic carbocycles. The van der Waals surface area contributed by atoms with Crippen LogP contribution in [-0.2, 0) is 6.42 Å². The minimum Gasteiger partial charge on any atom is -0.492 e. The van der Waals surface area contributed by atoms with Gasteiger partial charge in [0, 0.05) is 11.6 Å². The number of benzene rings is 1. The second-order valence-electron chi connectivity index (χ2n) is 4.16. The summed E-state index contributed by atoms with van der Waals surface area (Å²) in [5, 5.41) is 8.99. The van der Waals surface area contributed by atoms with Crippen LogP contribution in [0.3, 0.4) is 0 Å². The van der Waals surface area contributed by atoms with E-state index in [2.05, 4.69) is 0 Å². The summed E-state index contributed by atoms with van der Waals surface area (Å²) in [5.41, 5.74) is 11.4. The third-order valence-electron chi connectivity index (χ3n) is 2.82. The van der Waals surface area contributed by atoms with Crippen LogP contribution in [0.15, 0.2) is 30.3 Å². The van der Waals surface area contributed by atoms with E-state index in [1.165, 1.54) is 18.4 Å². The molecule has 1 aromatic rings. The first-order valence-electron chi connectivity index (χ1n) is 6.07. The predicted octanol–water partition coefficient (Wildman–Crippen LogP) is 1.67. The van der Waals surface area contributed by atoms with Crippen molar-refractivity contribution in [2.24, 2.45) is 11.5 Å². The summed E-state index contributed by atoms with van der Waals surface area (Å²) in [6.07, 6.45) is 5.66. The average molecular weight is 275 g/mol. The summed E-state index contributed by atoms with van der Waals surface area (Å²) >= 11 is 0. The molecule has 0 unspecified atom stereocenters. The number of nitriles is 1. The molecule has 0 atom stereocenters. The quantitative estimate of drug-likeness (QED) is 0.646. The standard InChI is InChI=1S/C14H14FN3O2/c15-11-7-12(20-13(18)4-1-5-16)9-3-2-6-19-14(9)10(11)8-17/h1,4-5,7H,2-3,6,16,18H2/b5-1-,13-4+. The van der Waals surface area contributed by atoms with Gasteiger partial charge >= 0.3 is 0 Å². The van der Waals surface area contributed by atoms with Crippen LogP contribution in [0.5, 0.6) is 11.5 Å². The van der Waals surface area contributed by atoms with Gasteiger partial charge in [-0.25, -0.2) is 4.39 Å². The zero-order valence-corrected chi connectivity index (χ0v) is 10.7. The van der Waals surface area contributed by atoms with Crippen LogP contribution >= 0.6 is 0 Å². The minimum absolute atomic E-state index is 0.0728. The second kappa shape index (κ2) is 5.97. The number of ether oxygens (including phenoxy) is 2. The Bertz CT molecular complexity index is 618. The number of fused-ring (bicyclic) bond motifs is 1. The fourth-order valence-corrected chi connectivity index (χ4v) is 1.97. The molecule has 0 amide bonds. The normalized spacial score (nSPS) is 14.5. The minimum atomic E-state index is -0.690. The first kappa shape index (κ1) is 13.7. The van der Waals surface area contributed by atoms with Gasteiger partial charge in [0.25, 0.3) is 0 Å². The van der Waals surface area contributed by atoms with Gasteiger partial charge < -0.3 is 20.9 Å². The lowest BCUT2D eigenvalue weighted by atomic mass is 10.0. The van der Waals surface area contributed by atoms with E-state index in [-0.39, 0.29) is 22.9 Å². The van der Waals surface area contributed by atoms with E-state index in [4.69, 9.17) is 26.2 Å². The molecule has 20 heavy (non-hydrogen) atoms. The van der Waals surface area contributed by atoms with E-state index >= 15 is 0 Å². The molecule has 0 aromatic heterocycles. The SMILES string of the molecule is N#Cc1c(F)cc(O/C(N)=C/C=C\N)c2c1OCCC2. The van der Waals surface area contributed by atoms with E-state index < -0.39 is 5.82 Å². The van der Waals surface area contributed by atoms with Gasteiger partial charge in [-0.2, -0.15) is 5.26 Å². The molecule has 0 radical (unpaired) electrons. The van der Waals surface area contributed by atoms with E-state index in [1.807, 2.05) is 6.07 Å². The van der Waals surface area contributed by atoms with Crippen molar-refractivity contribution in [3.8, 4) is 17.6 Å². The van der Waals surface area contributed by atoms with Crippen molar-refractivity contribution in [3.63, 3.8) is 0 Å². The Hall–Kier alpha value is -2.68. The summed E-state index contributed by atoms with van der Waals surface area (Å²) in [5.74, 6) is -0.111. The molecule has 104 valence electrons.